The van der Waals surface area contributed by atoms with Gasteiger partial charge in [-0.2, -0.15) is 0 Å². The molecule has 1 aromatic carbocycles. The van der Waals surface area contributed by atoms with Gasteiger partial charge in [-0.1, -0.05) is 48.9 Å². The molecule has 0 aliphatic heterocycles. The van der Waals surface area contributed by atoms with Crippen LogP contribution in [0.25, 0.3) is 0 Å². The summed E-state index contributed by atoms with van der Waals surface area (Å²) in [4.78, 5) is 0. The molecule has 12 heavy (non-hydrogen) atoms. The molecular weight excluding hydrogens is 144 g/mol. The van der Waals surface area contributed by atoms with Crippen LogP contribution in [-0.2, 0) is 6.42 Å². The lowest BCUT2D eigenvalue weighted by Crippen LogP contribution is -1.80. The Hall–Kier alpha value is -1.04. The third-order valence-corrected chi connectivity index (χ3v) is 1.88. The van der Waals surface area contributed by atoms with Crippen molar-refractivity contribution < 1.29 is 0 Å². The molecule has 0 nitrogen and oxygen atoms in total. The first-order chi connectivity index (χ1) is 5.83. The molecule has 0 saturated carbocycles. The Morgan fingerprint density at radius 1 is 1.08 bits per heavy atom. The number of benzene rings is 1. The summed E-state index contributed by atoms with van der Waals surface area (Å²) in [6.45, 7) is 4.28. The molecule has 0 N–H and O–H groups in total. The molecule has 1 aromatic rings. The minimum absolute atomic E-state index is 1.06. The lowest BCUT2D eigenvalue weighted by atomic mass is 10.1. The summed E-state index contributed by atoms with van der Waals surface area (Å²) in [5, 5.41) is 0. The maximum absolute atomic E-state index is 2.23. The maximum Gasteiger partial charge on any atom is -0.00975 e. The molecule has 0 heterocycles. The van der Waals surface area contributed by atoms with Crippen molar-refractivity contribution in [2.45, 2.75) is 26.7 Å². The predicted octanol–water partition coefficient (Wildman–Crippen LogP) is 3.50. The first kappa shape index (κ1) is 9.05. The topological polar surface area (TPSA) is 0 Å². The molecule has 1 rings (SSSR count). The molecule has 0 saturated heterocycles. The van der Waals surface area contributed by atoms with Crippen LogP contribution in [0.2, 0.25) is 0 Å². The predicted molar refractivity (Wildman–Crippen MR) is 54.3 cm³/mol. The quantitative estimate of drug-likeness (QED) is 0.594. The third-order valence-electron chi connectivity index (χ3n) is 1.88. The van der Waals surface area contributed by atoms with Gasteiger partial charge in [0.2, 0.25) is 0 Å². The van der Waals surface area contributed by atoms with Crippen LogP contribution < -0.4 is 0 Å². The van der Waals surface area contributed by atoms with E-state index < -0.39 is 0 Å². The monoisotopic (exact) mass is 160 g/mol. The fourth-order valence-electron chi connectivity index (χ4n) is 1.11. The Balaban J connectivity index is 2.53. The molecule has 0 atom stereocenters. The van der Waals surface area contributed by atoms with Gasteiger partial charge in [0, 0.05) is 0 Å². The summed E-state index contributed by atoms with van der Waals surface area (Å²) in [7, 11) is 0. The largest absolute Gasteiger partial charge is 0.0885 e. The molecule has 0 radical (unpaired) electrons. The normalized spacial score (nSPS) is 10.8. The van der Waals surface area contributed by atoms with Crippen molar-refractivity contribution in [3.05, 3.63) is 47.5 Å². The van der Waals surface area contributed by atoms with Crippen LogP contribution in [0.15, 0.2) is 36.4 Å². The van der Waals surface area contributed by atoms with Gasteiger partial charge < -0.3 is 0 Å². The standard InChI is InChI=1S/C12H16/c1-3-4-5-6-12-9-7-11(2)8-10-12/h4-5,7-10H,3,6H2,1-2H3. The fourth-order valence-corrected chi connectivity index (χ4v) is 1.11. The van der Waals surface area contributed by atoms with E-state index in [1.54, 1.807) is 0 Å². The van der Waals surface area contributed by atoms with E-state index in [1.165, 1.54) is 11.1 Å². The Labute approximate surface area is 74.9 Å². The van der Waals surface area contributed by atoms with Gasteiger partial charge in [0.05, 0.1) is 0 Å². The lowest BCUT2D eigenvalue weighted by Gasteiger charge is -1.96. The number of allylic oxidation sites excluding steroid dienone is 2. The van der Waals surface area contributed by atoms with Crippen LogP contribution >= 0.6 is 0 Å². The molecule has 64 valence electrons. The van der Waals surface area contributed by atoms with Crippen LogP contribution in [0.4, 0.5) is 0 Å². The zero-order chi connectivity index (χ0) is 8.81. The second-order valence-electron chi connectivity index (χ2n) is 3.07. The van der Waals surface area contributed by atoms with Crippen LogP contribution in [0, 0.1) is 6.92 Å². The molecule has 0 unspecified atom stereocenters. The second kappa shape index (κ2) is 4.76. The van der Waals surface area contributed by atoms with Gasteiger partial charge in [-0.3, -0.25) is 0 Å². The van der Waals surface area contributed by atoms with Crippen molar-refractivity contribution in [2.75, 3.05) is 0 Å². The first-order valence-corrected chi connectivity index (χ1v) is 4.53. The Morgan fingerprint density at radius 3 is 2.33 bits per heavy atom. The third kappa shape index (κ3) is 2.91. The van der Waals surface area contributed by atoms with Gasteiger partial charge in [-0.15, -0.1) is 0 Å². The van der Waals surface area contributed by atoms with Gasteiger partial charge in [-0.25, -0.2) is 0 Å². The molecule has 0 bridgehead atoms. The number of aryl methyl sites for hydroxylation is 1. The van der Waals surface area contributed by atoms with Crippen molar-refractivity contribution in [3.63, 3.8) is 0 Å². The lowest BCUT2D eigenvalue weighted by molar-refractivity contribution is 1.18. The second-order valence-corrected chi connectivity index (χ2v) is 3.07. The number of rotatable bonds is 3. The van der Waals surface area contributed by atoms with Crippen molar-refractivity contribution in [1.82, 2.24) is 0 Å². The van der Waals surface area contributed by atoms with Crippen LogP contribution in [0.3, 0.4) is 0 Å². The minimum Gasteiger partial charge on any atom is -0.0885 e. The maximum atomic E-state index is 2.23. The van der Waals surface area contributed by atoms with E-state index in [4.69, 9.17) is 0 Å². The van der Waals surface area contributed by atoms with Gasteiger partial charge in [-0.05, 0) is 25.3 Å². The zero-order valence-corrected chi connectivity index (χ0v) is 7.88. The van der Waals surface area contributed by atoms with E-state index >= 15 is 0 Å². The SMILES string of the molecule is CCC=CCc1ccc(C)cc1. The highest BCUT2D eigenvalue weighted by atomic mass is 13.9. The van der Waals surface area contributed by atoms with Crippen molar-refractivity contribution in [1.29, 1.82) is 0 Å². The van der Waals surface area contributed by atoms with E-state index in [1.807, 2.05) is 0 Å². The number of hydrogen-bond acceptors (Lipinski definition) is 0. The van der Waals surface area contributed by atoms with Gasteiger partial charge in [0.25, 0.3) is 0 Å². The first-order valence-electron chi connectivity index (χ1n) is 4.53. The highest BCUT2D eigenvalue weighted by Crippen LogP contribution is 2.04. The summed E-state index contributed by atoms with van der Waals surface area (Å²) < 4.78 is 0. The molecule has 0 aliphatic rings. The molecule has 0 spiro atoms. The molecule has 0 amide bonds. The average molecular weight is 160 g/mol. The minimum atomic E-state index is 1.06. The smallest absolute Gasteiger partial charge is 0.00975 e. The fraction of sp³-hybridized carbons (Fsp3) is 0.333. The van der Waals surface area contributed by atoms with Crippen LogP contribution in [0.5, 0.6) is 0 Å². The van der Waals surface area contributed by atoms with E-state index in [-0.39, 0.29) is 0 Å². The molecular formula is C12H16. The van der Waals surface area contributed by atoms with Crippen LogP contribution in [-0.4, -0.2) is 0 Å². The highest BCUT2D eigenvalue weighted by molar-refractivity contribution is 5.22. The van der Waals surface area contributed by atoms with Gasteiger partial charge >= 0.3 is 0 Å². The Morgan fingerprint density at radius 2 is 1.75 bits per heavy atom. The Bertz CT molecular complexity index is 241. The van der Waals surface area contributed by atoms with E-state index in [0.29, 0.717) is 0 Å². The van der Waals surface area contributed by atoms with Crippen molar-refractivity contribution in [2.24, 2.45) is 0 Å². The molecule has 0 heteroatoms. The summed E-state index contributed by atoms with van der Waals surface area (Å²) in [6.07, 6.45) is 6.63. The molecule has 0 aliphatic carbocycles. The van der Waals surface area contributed by atoms with Crippen LogP contribution in [0.1, 0.15) is 24.5 Å². The molecule has 0 aromatic heterocycles. The number of hydrogen-bond donors (Lipinski definition) is 0. The Kier molecular flexibility index (Phi) is 3.59. The van der Waals surface area contributed by atoms with Gasteiger partial charge in [0.15, 0.2) is 0 Å². The summed E-state index contributed by atoms with van der Waals surface area (Å²) >= 11 is 0. The highest BCUT2D eigenvalue weighted by Gasteiger charge is 1.87. The van der Waals surface area contributed by atoms with Crippen molar-refractivity contribution >= 4 is 0 Å². The van der Waals surface area contributed by atoms with E-state index in [0.717, 1.165) is 12.8 Å². The summed E-state index contributed by atoms with van der Waals surface area (Å²) in [5.74, 6) is 0. The summed E-state index contributed by atoms with van der Waals surface area (Å²) in [6, 6.07) is 8.70. The molecule has 0 fully saturated rings. The zero-order valence-electron chi connectivity index (χ0n) is 7.88. The van der Waals surface area contributed by atoms with Gasteiger partial charge in [0.1, 0.15) is 0 Å². The summed E-state index contributed by atoms with van der Waals surface area (Å²) in [5.41, 5.74) is 2.73. The van der Waals surface area contributed by atoms with Crippen molar-refractivity contribution in [3.8, 4) is 0 Å². The average Bonchev–Trinajstić information content (AvgIpc) is 2.09. The van der Waals surface area contributed by atoms with E-state index in [9.17, 15) is 0 Å². The van der Waals surface area contributed by atoms with E-state index in [2.05, 4.69) is 50.3 Å².